The first-order valence-corrected chi connectivity index (χ1v) is 6.59. The van der Waals surface area contributed by atoms with Crippen LogP contribution >= 0.6 is 0 Å². The maximum atomic E-state index is 5.35. The van der Waals surface area contributed by atoms with Gasteiger partial charge in [-0.3, -0.25) is 0 Å². The highest BCUT2D eigenvalue weighted by Gasteiger charge is 2.11. The molecule has 1 rings (SSSR count). The number of hydrogen-bond donors (Lipinski definition) is 1. The van der Waals surface area contributed by atoms with Crippen LogP contribution in [-0.4, -0.2) is 39.5 Å². The highest BCUT2D eigenvalue weighted by atomic mass is 16.5. The molecular formula is C15H25NO2. The summed E-state index contributed by atoms with van der Waals surface area (Å²) in [5, 5.41) is 3.55. The molecule has 3 heteroatoms. The van der Waals surface area contributed by atoms with Gasteiger partial charge in [-0.1, -0.05) is 37.3 Å². The van der Waals surface area contributed by atoms with Crippen LogP contribution in [0.5, 0.6) is 0 Å². The first kappa shape index (κ1) is 15.2. The lowest BCUT2D eigenvalue weighted by Crippen LogP contribution is -2.39. The summed E-state index contributed by atoms with van der Waals surface area (Å²) in [5.74, 6) is 0. The number of nitrogens with one attached hydrogen (secondary N) is 1. The Labute approximate surface area is 110 Å². The maximum Gasteiger partial charge on any atom is 0.0928 e. The lowest BCUT2D eigenvalue weighted by molar-refractivity contribution is 0.0273. The minimum absolute atomic E-state index is 0.125. The third kappa shape index (κ3) is 5.63. The molecule has 0 aliphatic rings. The molecule has 0 bridgehead atoms. The molecule has 18 heavy (non-hydrogen) atoms. The lowest BCUT2D eigenvalue weighted by Gasteiger charge is -2.21. The molecule has 2 atom stereocenters. The molecule has 3 nitrogen and oxygen atoms in total. The van der Waals surface area contributed by atoms with Crippen molar-refractivity contribution in [2.24, 2.45) is 0 Å². The Kier molecular flexibility index (Phi) is 7.65. The van der Waals surface area contributed by atoms with Crippen LogP contribution < -0.4 is 5.32 Å². The number of benzene rings is 1. The van der Waals surface area contributed by atoms with Gasteiger partial charge in [0.2, 0.25) is 0 Å². The van der Waals surface area contributed by atoms with E-state index in [-0.39, 0.29) is 6.10 Å². The Balaban J connectivity index is 2.37. The van der Waals surface area contributed by atoms with E-state index in [0.717, 1.165) is 19.4 Å². The van der Waals surface area contributed by atoms with E-state index in [4.69, 9.17) is 9.47 Å². The summed E-state index contributed by atoms with van der Waals surface area (Å²) in [5.41, 5.74) is 1.37. The van der Waals surface area contributed by atoms with Crippen molar-refractivity contribution in [1.29, 1.82) is 0 Å². The van der Waals surface area contributed by atoms with Crippen LogP contribution in [0.1, 0.15) is 18.9 Å². The normalized spacial score (nSPS) is 14.4. The Hall–Kier alpha value is -0.900. The number of hydrogen-bond acceptors (Lipinski definition) is 3. The van der Waals surface area contributed by atoms with Crippen LogP contribution in [0, 0.1) is 0 Å². The standard InChI is InChI=1S/C15H25NO2/c1-4-14(10-13-8-6-5-7-9-13)16-11-15(18-3)12-17-2/h5-9,14-16H,4,10-12H2,1-3H3. The first-order valence-electron chi connectivity index (χ1n) is 6.59. The summed E-state index contributed by atoms with van der Waals surface area (Å²) >= 11 is 0. The first-order chi connectivity index (χ1) is 8.80. The Morgan fingerprint density at radius 2 is 1.89 bits per heavy atom. The minimum atomic E-state index is 0.125. The van der Waals surface area contributed by atoms with Gasteiger partial charge in [0.05, 0.1) is 12.7 Å². The topological polar surface area (TPSA) is 30.5 Å². The fraction of sp³-hybridized carbons (Fsp3) is 0.600. The monoisotopic (exact) mass is 251 g/mol. The predicted octanol–water partition coefficient (Wildman–Crippen LogP) is 2.26. The molecule has 1 N–H and O–H groups in total. The van der Waals surface area contributed by atoms with Crippen molar-refractivity contribution in [1.82, 2.24) is 5.32 Å². The van der Waals surface area contributed by atoms with E-state index in [1.54, 1.807) is 14.2 Å². The smallest absolute Gasteiger partial charge is 0.0928 e. The molecule has 1 aromatic rings. The zero-order valence-corrected chi connectivity index (χ0v) is 11.7. The van der Waals surface area contributed by atoms with Crippen molar-refractivity contribution < 1.29 is 9.47 Å². The molecule has 0 aliphatic heterocycles. The Morgan fingerprint density at radius 3 is 2.44 bits per heavy atom. The van der Waals surface area contributed by atoms with Gasteiger partial charge in [0.25, 0.3) is 0 Å². The zero-order chi connectivity index (χ0) is 13.2. The molecule has 0 heterocycles. The summed E-state index contributed by atoms with van der Waals surface area (Å²) in [6.45, 7) is 3.67. The summed E-state index contributed by atoms with van der Waals surface area (Å²) in [4.78, 5) is 0. The molecule has 102 valence electrons. The Bertz CT molecular complexity index is 303. The van der Waals surface area contributed by atoms with E-state index in [2.05, 4.69) is 42.6 Å². The molecule has 0 saturated heterocycles. The number of ether oxygens (including phenoxy) is 2. The van der Waals surface area contributed by atoms with Crippen molar-refractivity contribution in [2.75, 3.05) is 27.4 Å². The summed E-state index contributed by atoms with van der Waals surface area (Å²) in [6, 6.07) is 11.1. The number of methoxy groups -OCH3 is 2. The predicted molar refractivity (Wildman–Crippen MR) is 74.9 cm³/mol. The third-order valence-corrected chi connectivity index (χ3v) is 3.14. The quantitative estimate of drug-likeness (QED) is 0.730. The molecule has 1 aromatic carbocycles. The zero-order valence-electron chi connectivity index (χ0n) is 11.7. The molecule has 0 spiro atoms. The van der Waals surface area contributed by atoms with Gasteiger partial charge in [-0.15, -0.1) is 0 Å². The molecule has 2 unspecified atom stereocenters. The SMILES string of the molecule is CCC(Cc1ccccc1)NCC(COC)OC. The van der Waals surface area contributed by atoms with Crippen LogP contribution in [0.25, 0.3) is 0 Å². The second-order valence-electron chi connectivity index (χ2n) is 4.52. The van der Waals surface area contributed by atoms with Gasteiger partial charge in [-0.25, -0.2) is 0 Å². The van der Waals surface area contributed by atoms with Crippen LogP contribution in [-0.2, 0) is 15.9 Å². The molecular weight excluding hydrogens is 226 g/mol. The fourth-order valence-electron chi connectivity index (χ4n) is 1.95. The van der Waals surface area contributed by atoms with E-state index < -0.39 is 0 Å². The van der Waals surface area contributed by atoms with Crippen LogP contribution in [0.4, 0.5) is 0 Å². The van der Waals surface area contributed by atoms with Crippen molar-refractivity contribution in [3.8, 4) is 0 Å². The fourth-order valence-corrected chi connectivity index (χ4v) is 1.95. The van der Waals surface area contributed by atoms with Crippen molar-refractivity contribution in [2.45, 2.75) is 31.9 Å². The van der Waals surface area contributed by atoms with Crippen LogP contribution in [0.2, 0.25) is 0 Å². The summed E-state index contributed by atoms with van der Waals surface area (Å²) < 4.78 is 10.5. The minimum Gasteiger partial charge on any atom is -0.382 e. The summed E-state index contributed by atoms with van der Waals surface area (Å²) in [7, 11) is 3.43. The highest BCUT2D eigenvalue weighted by molar-refractivity contribution is 5.15. The van der Waals surface area contributed by atoms with Crippen molar-refractivity contribution in [3.05, 3.63) is 35.9 Å². The van der Waals surface area contributed by atoms with Gasteiger partial charge in [-0.05, 0) is 18.4 Å². The van der Waals surface area contributed by atoms with Gasteiger partial charge in [-0.2, -0.15) is 0 Å². The molecule has 0 fully saturated rings. The number of rotatable bonds is 9. The third-order valence-electron chi connectivity index (χ3n) is 3.14. The Morgan fingerprint density at radius 1 is 1.17 bits per heavy atom. The average molecular weight is 251 g/mol. The van der Waals surface area contributed by atoms with E-state index in [1.807, 2.05) is 0 Å². The van der Waals surface area contributed by atoms with Crippen LogP contribution in [0.15, 0.2) is 30.3 Å². The van der Waals surface area contributed by atoms with E-state index in [1.165, 1.54) is 5.56 Å². The molecule has 0 radical (unpaired) electrons. The lowest BCUT2D eigenvalue weighted by atomic mass is 10.0. The van der Waals surface area contributed by atoms with Gasteiger partial charge in [0, 0.05) is 26.8 Å². The van der Waals surface area contributed by atoms with E-state index >= 15 is 0 Å². The van der Waals surface area contributed by atoms with E-state index in [9.17, 15) is 0 Å². The molecule has 0 saturated carbocycles. The largest absolute Gasteiger partial charge is 0.382 e. The second kappa shape index (κ2) is 9.09. The van der Waals surface area contributed by atoms with Gasteiger partial charge in [0.1, 0.15) is 0 Å². The van der Waals surface area contributed by atoms with Gasteiger partial charge >= 0.3 is 0 Å². The molecule has 0 aromatic heterocycles. The van der Waals surface area contributed by atoms with Gasteiger partial charge < -0.3 is 14.8 Å². The average Bonchev–Trinajstić information content (AvgIpc) is 2.43. The maximum absolute atomic E-state index is 5.35. The van der Waals surface area contributed by atoms with Crippen molar-refractivity contribution in [3.63, 3.8) is 0 Å². The van der Waals surface area contributed by atoms with Gasteiger partial charge in [0.15, 0.2) is 0 Å². The van der Waals surface area contributed by atoms with Crippen molar-refractivity contribution >= 4 is 0 Å². The van der Waals surface area contributed by atoms with Crippen LogP contribution in [0.3, 0.4) is 0 Å². The van der Waals surface area contributed by atoms with E-state index in [0.29, 0.717) is 12.6 Å². The second-order valence-corrected chi connectivity index (χ2v) is 4.52. The molecule has 0 aliphatic carbocycles. The molecule has 0 amide bonds. The summed E-state index contributed by atoms with van der Waals surface area (Å²) in [6.07, 6.45) is 2.29. The highest BCUT2D eigenvalue weighted by Crippen LogP contribution is 2.05.